The molecule has 0 aliphatic heterocycles. The van der Waals surface area contributed by atoms with Crippen molar-refractivity contribution in [1.29, 1.82) is 0 Å². The summed E-state index contributed by atoms with van der Waals surface area (Å²) in [6.45, 7) is 0.0349. The van der Waals surface area contributed by atoms with Gasteiger partial charge < -0.3 is 9.67 Å². The van der Waals surface area contributed by atoms with Crippen molar-refractivity contribution in [3.05, 3.63) is 75.0 Å². The maximum Gasteiger partial charge on any atom is 0.308 e. The van der Waals surface area contributed by atoms with Crippen LogP contribution in [-0.2, 0) is 17.8 Å². The molecular formula is C19H12F2N2O3S. The van der Waals surface area contributed by atoms with Gasteiger partial charge in [-0.05, 0) is 17.5 Å². The first-order valence-electron chi connectivity index (χ1n) is 8.00. The fourth-order valence-corrected chi connectivity index (χ4v) is 3.98. The van der Waals surface area contributed by atoms with E-state index in [0.29, 0.717) is 15.9 Å². The summed E-state index contributed by atoms with van der Waals surface area (Å²) >= 11 is 1.04. The molecule has 0 spiro atoms. The average Bonchev–Trinajstić information content (AvgIpc) is 3.01. The number of rotatable bonds is 4. The monoisotopic (exact) mass is 386 g/mol. The summed E-state index contributed by atoms with van der Waals surface area (Å²) in [5.41, 5.74) is 0.510. The van der Waals surface area contributed by atoms with Crippen molar-refractivity contribution in [2.75, 3.05) is 0 Å². The van der Waals surface area contributed by atoms with Gasteiger partial charge in [-0.1, -0.05) is 18.2 Å². The number of hydrogen-bond donors (Lipinski definition) is 1. The number of aromatic nitrogens is 2. The first-order chi connectivity index (χ1) is 12.9. The third-order valence-corrected chi connectivity index (χ3v) is 5.23. The molecule has 0 atom stereocenters. The van der Waals surface area contributed by atoms with Crippen LogP contribution in [0.5, 0.6) is 0 Å². The molecule has 0 aliphatic rings. The fourth-order valence-electron chi connectivity index (χ4n) is 3.04. The Morgan fingerprint density at radius 2 is 1.96 bits per heavy atom. The molecule has 0 amide bonds. The molecule has 0 saturated carbocycles. The van der Waals surface area contributed by atoms with E-state index in [1.54, 1.807) is 30.3 Å². The third-order valence-electron chi connectivity index (χ3n) is 4.17. The molecule has 8 heteroatoms. The van der Waals surface area contributed by atoms with E-state index in [0.717, 1.165) is 23.5 Å². The van der Waals surface area contributed by atoms with Crippen LogP contribution >= 0.6 is 11.3 Å². The van der Waals surface area contributed by atoms with E-state index in [4.69, 9.17) is 5.11 Å². The number of hydrogen-bond acceptors (Lipinski definition) is 4. The van der Waals surface area contributed by atoms with Gasteiger partial charge in [0.15, 0.2) is 0 Å². The molecule has 0 unspecified atom stereocenters. The van der Waals surface area contributed by atoms with Crippen molar-refractivity contribution in [2.24, 2.45) is 0 Å². The van der Waals surface area contributed by atoms with Gasteiger partial charge in [-0.3, -0.25) is 9.59 Å². The van der Waals surface area contributed by atoms with Crippen LogP contribution in [0.15, 0.2) is 47.3 Å². The molecule has 0 bridgehead atoms. The Kier molecular flexibility index (Phi) is 4.19. The maximum absolute atomic E-state index is 13.9. The Bertz CT molecular complexity index is 1260. The van der Waals surface area contributed by atoms with E-state index in [1.807, 2.05) is 0 Å². The second kappa shape index (κ2) is 6.55. The third kappa shape index (κ3) is 3.19. The van der Waals surface area contributed by atoms with Crippen LogP contribution in [0.2, 0.25) is 0 Å². The number of aliphatic carboxylic acids is 1. The van der Waals surface area contributed by atoms with Crippen molar-refractivity contribution in [2.45, 2.75) is 13.0 Å². The zero-order chi connectivity index (χ0) is 19.1. The van der Waals surface area contributed by atoms with Gasteiger partial charge in [0, 0.05) is 17.7 Å². The molecule has 0 fully saturated rings. The highest BCUT2D eigenvalue weighted by molar-refractivity contribution is 7.18. The van der Waals surface area contributed by atoms with Gasteiger partial charge in [0.1, 0.15) is 16.6 Å². The Labute approximate surface area is 155 Å². The molecule has 0 saturated heterocycles. The fraction of sp³-hybridized carbons (Fsp3) is 0.105. The molecule has 2 heterocycles. The summed E-state index contributed by atoms with van der Waals surface area (Å²) in [7, 11) is 0. The van der Waals surface area contributed by atoms with Gasteiger partial charge in [0.25, 0.3) is 5.56 Å². The van der Waals surface area contributed by atoms with Gasteiger partial charge in [-0.15, -0.1) is 11.3 Å². The predicted molar refractivity (Wildman–Crippen MR) is 98.2 cm³/mol. The molecule has 2 aromatic heterocycles. The Balaban J connectivity index is 1.88. The van der Waals surface area contributed by atoms with Crippen molar-refractivity contribution in [1.82, 2.24) is 9.55 Å². The van der Waals surface area contributed by atoms with Crippen LogP contribution in [0.3, 0.4) is 0 Å². The Hall–Kier alpha value is -3.13. The zero-order valence-corrected chi connectivity index (χ0v) is 14.6. The minimum absolute atomic E-state index is 0.0349. The second-order valence-electron chi connectivity index (χ2n) is 6.03. The van der Waals surface area contributed by atoms with Crippen LogP contribution in [0.25, 0.3) is 21.1 Å². The average molecular weight is 386 g/mol. The van der Waals surface area contributed by atoms with Gasteiger partial charge in [-0.2, -0.15) is 0 Å². The number of halogens is 2. The lowest BCUT2D eigenvalue weighted by Gasteiger charge is -2.11. The first kappa shape index (κ1) is 17.3. The van der Waals surface area contributed by atoms with Gasteiger partial charge >= 0.3 is 5.97 Å². The summed E-state index contributed by atoms with van der Waals surface area (Å²) in [4.78, 5) is 28.1. The standard InChI is InChI=1S/C19H12F2N2O3S/c20-12-7-13(21)18-14(8-12)22-16(27-18)9-23-15-4-2-1-3-10(15)5-11(19(23)26)6-17(24)25/h1-5,7-8H,6,9H2,(H,24,25). The van der Waals surface area contributed by atoms with E-state index < -0.39 is 29.6 Å². The summed E-state index contributed by atoms with van der Waals surface area (Å²) in [5.74, 6) is -2.53. The molecule has 5 nitrogen and oxygen atoms in total. The number of carbonyl (C=O) groups is 1. The Morgan fingerprint density at radius 3 is 2.74 bits per heavy atom. The molecule has 0 radical (unpaired) electrons. The maximum atomic E-state index is 13.9. The van der Waals surface area contributed by atoms with Crippen molar-refractivity contribution >= 4 is 38.4 Å². The normalized spacial score (nSPS) is 11.3. The lowest BCUT2D eigenvalue weighted by Crippen LogP contribution is -2.26. The second-order valence-corrected chi connectivity index (χ2v) is 7.12. The number of pyridine rings is 1. The number of fused-ring (bicyclic) bond motifs is 2. The SMILES string of the molecule is O=C(O)Cc1cc2ccccc2n(Cc2nc3cc(F)cc(F)c3s2)c1=O. The van der Waals surface area contributed by atoms with Gasteiger partial charge in [-0.25, -0.2) is 13.8 Å². The zero-order valence-electron chi connectivity index (χ0n) is 13.8. The molecule has 0 aliphatic carbocycles. The highest BCUT2D eigenvalue weighted by atomic mass is 32.1. The summed E-state index contributed by atoms with van der Waals surface area (Å²) in [6, 6.07) is 10.6. The molecule has 2 aromatic carbocycles. The van der Waals surface area contributed by atoms with Gasteiger partial charge in [0.2, 0.25) is 0 Å². The lowest BCUT2D eigenvalue weighted by atomic mass is 10.1. The highest BCUT2D eigenvalue weighted by Gasteiger charge is 2.15. The minimum atomic E-state index is -1.11. The van der Waals surface area contributed by atoms with Crippen molar-refractivity contribution in [3.8, 4) is 0 Å². The van der Waals surface area contributed by atoms with Crippen LogP contribution in [0, 0.1) is 11.6 Å². The summed E-state index contributed by atoms with van der Waals surface area (Å²) in [6.07, 6.45) is -0.399. The quantitative estimate of drug-likeness (QED) is 0.582. The molecule has 4 aromatic rings. The minimum Gasteiger partial charge on any atom is -0.481 e. The number of para-hydroxylation sites is 1. The molecule has 136 valence electrons. The van der Waals surface area contributed by atoms with E-state index in [9.17, 15) is 18.4 Å². The smallest absolute Gasteiger partial charge is 0.308 e. The molecular weight excluding hydrogens is 374 g/mol. The number of benzene rings is 2. The number of carboxylic acids is 1. The molecule has 4 rings (SSSR count). The van der Waals surface area contributed by atoms with Crippen molar-refractivity contribution in [3.63, 3.8) is 0 Å². The number of thiazole rings is 1. The van der Waals surface area contributed by atoms with E-state index in [2.05, 4.69) is 4.98 Å². The number of carboxylic acid groups (broad SMARTS) is 1. The van der Waals surface area contributed by atoms with Crippen molar-refractivity contribution < 1.29 is 18.7 Å². The van der Waals surface area contributed by atoms with E-state index in [-0.39, 0.29) is 22.3 Å². The lowest BCUT2D eigenvalue weighted by molar-refractivity contribution is -0.136. The van der Waals surface area contributed by atoms with Crippen LogP contribution in [0.1, 0.15) is 10.6 Å². The topological polar surface area (TPSA) is 72.2 Å². The largest absolute Gasteiger partial charge is 0.481 e. The predicted octanol–water partition coefficient (Wildman–Crippen LogP) is 3.56. The number of nitrogens with zero attached hydrogens (tertiary/aromatic N) is 2. The summed E-state index contributed by atoms with van der Waals surface area (Å²) in [5, 5.41) is 10.2. The van der Waals surface area contributed by atoms with E-state index >= 15 is 0 Å². The molecule has 1 N–H and O–H groups in total. The Morgan fingerprint density at radius 1 is 1.19 bits per heavy atom. The van der Waals surface area contributed by atoms with Crippen LogP contribution in [0.4, 0.5) is 8.78 Å². The first-order valence-corrected chi connectivity index (χ1v) is 8.82. The van der Waals surface area contributed by atoms with Crippen LogP contribution < -0.4 is 5.56 Å². The van der Waals surface area contributed by atoms with E-state index in [1.165, 1.54) is 4.57 Å². The van der Waals surface area contributed by atoms with Gasteiger partial charge in [0.05, 0.1) is 28.7 Å². The van der Waals surface area contributed by atoms with Crippen LogP contribution in [-0.4, -0.2) is 20.6 Å². The highest BCUT2D eigenvalue weighted by Crippen LogP contribution is 2.27. The molecule has 27 heavy (non-hydrogen) atoms. The summed E-state index contributed by atoms with van der Waals surface area (Å²) < 4.78 is 29.0.